The lowest BCUT2D eigenvalue weighted by Crippen LogP contribution is -2.59. The highest BCUT2D eigenvalue weighted by Crippen LogP contribution is 2.50. The smallest absolute Gasteiger partial charge is 0.408 e. The molecule has 1 aromatic carbocycles. The molecule has 1 aliphatic rings. The second-order valence-corrected chi connectivity index (χ2v) is 11.2. The minimum atomic E-state index is -0.960. The maximum atomic E-state index is 12.3. The van der Waals surface area contributed by atoms with Crippen LogP contribution < -0.4 is 5.73 Å². The van der Waals surface area contributed by atoms with Crippen LogP contribution in [0.15, 0.2) is 41.2 Å². The molecule has 0 radical (unpaired) electrons. The average molecular weight is 493 g/mol. The molecule has 36 heavy (non-hydrogen) atoms. The number of carboxylic acid groups (broad SMARTS) is 1. The van der Waals surface area contributed by atoms with Crippen molar-refractivity contribution in [2.75, 3.05) is 12.3 Å². The van der Waals surface area contributed by atoms with Crippen molar-refractivity contribution in [3.8, 4) is 11.1 Å². The molecular formula is C27H36N6O3. The molecule has 1 fully saturated rings. The highest BCUT2D eigenvalue weighted by atomic mass is 16.5. The molecule has 0 bridgehead atoms. The zero-order valence-electron chi connectivity index (χ0n) is 21.9. The second kappa shape index (κ2) is 9.19. The second-order valence-electron chi connectivity index (χ2n) is 11.2. The summed E-state index contributed by atoms with van der Waals surface area (Å²) in [4.78, 5) is 26.9. The van der Waals surface area contributed by atoms with Crippen molar-refractivity contribution >= 4 is 12.0 Å². The van der Waals surface area contributed by atoms with Crippen LogP contribution in [0.1, 0.15) is 78.1 Å². The van der Waals surface area contributed by atoms with Crippen molar-refractivity contribution in [3.63, 3.8) is 0 Å². The van der Waals surface area contributed by atoms with E-state index in [1.54, 1.807) is 12.4 Å². The Kier molecular flexibility index (Phi) is 6.53. The molecule has 0 spiro atoms. The number of piperidine rings is 1. The predicted octanol–water partition coefficient (Wildman–Crippen LogP) is 5.48. The number of hydrogen-bond acceptors (Lipinski definition) is 7. The van der Waals surface area contributed by atoms with Gasteiger partial charge in [0.15, 0.2) is 5.82 Å². The fourth-order valence-corrected chi connectivity index (χ4v) is 5.38. The summed E-state index contributed by atoms with van der Waals surface area (Å²) >= 11 is 0. The van der Waals surface area contributed by atoms with Gasteiger partial charge < -0.3 is 15.4 Å². The van der Waals surface area contributed by atoms with Gasteiger partial charge >= 0.3 is 6.09 Å². The topological polar surface area (TPSA) is 131 Å². The monoisotopic (exact) mass is 492 g/mol. The zero-order chi connectivity index (χ0) is 26.3. The summed E-state index contributed by atoms with van der Waals surface area (Å²) in [6.45, 7) is 12.9. The van der Waals surface area contributed by atoms with Crippen LogP contribution in [-0.2, 0) is 11.0 Å². The van der Waals surface area contributed by atoms with E-state index in [0.717, 1.165) is 29.5 Å². The third kappa shape index (κ3) is 4.10. The third-order valence-electron chi connectivity index (χ3n) is 7.99. The molecule has 1 saturated heterocycles. The molecule has 3 aromatic rings. The minimum absolute atomic E-state index is 0.140. The maximum Gasteiger partial charge on any atom is 0.408 e. The summed E-state index contributed by atoms with van der Waals surface area (Å²) < 4.78 is 5.94. The molecule has 2 unspecified atom stereocenters. The van der Waals surface area contributed by atoms with Crippen molar-refractivity contribution < 1.29 is 14.4 Å². The van der Waals surface area contributed by atoms with Gasteiger partial charge in [0.2, 0.25) is 5.95 Å². The van der Waals surface area contributed by atoms with Crippen LogP contribution in [-0.4, -0.2) is 42.8 Å². The van der Waals surface area contributed by atoms with Crippen LogP contribution >= 0.6 is 0 Å². The summed E-state index contributed by atoms with van der Waals surface area (Å²) in [6.07, 6.45) is 4.81. The molecule has 1 aliphatic heterocycles. The fourth-order valence-electron chi connectivity index (χ4n) is 5.38. The Hall–Kier alpha value is -3.49. The molecular weight excluding hydrogens is 456 g/mol. The van der Waals surface area contributed by atoms with E-state index in [-0.39, 0.29) is 11.9 Å². The van der Waals surface area contributed by atoms with Crippen molar-refractivity contribution in [3.05, 3.63) is 53.9 Å². The van der Waals surface area contributed by atoms with E-state index in [4.69, 9.17) is 15.2 Å². The third-order valence-corrected chi connectivity index (χ3v) is 7.99. The van der Waals surface area contributed by atoms with Crippen LogP contribution in [0.2, 0.25) is 0 Å². The summed E-state index contributed by atoms with van der Waals surface area (Å²) in [5.74, 6) is 1.30. The van der Waals surface area contributed by atoms with E-state index < -0.39 is 22.5 Å². The first-order valence-electron chi connectivity index (χ1n) is 12.4. The SMILES string of the molecule is CC(C)C(C)(c1ccc(-c2cnc(N)nc2)cc1)c1noc(C2(C(C)(C)C)CCCCN2C(=O)O)n1. The van der Waals surface area contributed by atoms with Gasteiger partial charge in [-0.15, -0.1) is 0 Å². The first-order chi connectivity index (χ1) is 16.9. The number of rotatable bonds is 5. The Labute approximate surface area is 212 Å². The van der Waals surface area contributed by atoms with Crippen LogP contribution in [0.25, 0.3) is 11.1 Å². The molecule has 0 aliphatic carbocycles. The van der Waals surface area contributed by atoms with E-state index >= 15 is 0 Å². The van der Waals surface area contributed by atoms with Crippen molar-refractivity contribution in [2.45, 2.75) is 71.8 Å². The van der Waals surface area contributed by atoms with Gasteiger partial charge in [0, 0.05) is 24.5 Å². The summed E-state index contributed by atoms with van der Waals surface area (Å²) in [7, 11) is 0. The van der Waals surface area contributed by atoms with E-state index in [0.29, 0.717) is 24.7 Å². The predicted molar refractivity (Wildman–Crippen MR) is 137 cm³/mol. The van der Waals surface area contributed by atoms with Gasteiger partial charge in [0.05, 0.1) is 5.41 Å². The number of likely N-dealkylation sites (tertiary alicyclic amines) is 1. The largest absolute Gasteiger partial charge is 0.465 e. The van der Waals surface area contributed by atoms with Gasteiger partial charge in [0.1, 0.15) is 5.54 Å². The fraction of sp³-hybridized carbons (Fsp3) is 0.519. The molecule has 9 heteroatoms. The first kappa shape index (κ1) is 25.6. The van der Waals surface area contributed by atoms with Gasteiger partial charge in [-0.2, -0.15) is 4.98 Å². The van der Waals surface area contributed by atoms with Crippen LogP contribution in [0.4, 0.5) is 10.7 Å². The lowest BCUT2D eigenvalue weighted by molar-refractivity contribution is -0.0500. The Morgan fingerprint density at radius 2 is 1.72 bits per heavy atom. The highest BCUT2D eigenvalue weighted by Gasteiger charge is 2.56. The van der Waals surface area contributed by atoms with Crippen LogP contribution in [0.5, 0.6) is 0 Å². The minimum Gasteiger partial charge on any atom is -0.465 e. The van der Waals surface area contributed by atoms with Crippen molar-refractivity contribution in [1.29, 1.82) is 0 Å². The van der Waals surface area contributed by atoms with Gasteiger partial charge in [-0.3, -0.25) is 4.90 Å². The standard InChI is InChI=1S/C27H36N6O3/c1-17(2)26(6,20-11-9-18(10-12-20)19-15-29-23(28)30-16-19)21-31-22(36-32-21)27(25(3,4)5)13-7-8-14-33(27)24(34)35/h9-12,15-17H,7-8,13-14H2,1-6H3,(H,34,35)(H2,28,29,30). The van der Waals surface area contributed by atoms with E-state index in [2.05, 4.69) is 48.0 Å². The summed E-state index contributed by atoms with van der Waals surface area (Å²) in [5.41, 5.74) is 6.63. The number of nitrogens with zero attached hydrogens (tertiary/aromatic N) is 5. The molecule has 192 valence electrons. The Bertz CT molecular complexity index is 1220. The lowest BCUT2D eigenvalue weighted by Gasteiger charge is -2.50. The molecule has 9 nitrogen and oxygen atoms in total. The Morgan fingerprint density at radius 3 is 2.28 bits per heavy atom. The normalized spacial score (nSPS) is 20.4. The van der Waals surface area contributed by atoms with Gasteiger partial charge in [-0.1, -0.05) is 64.0 Å². The number of carbonyl (C=O) groups is 1. The Morgan fingerprint density at radius 1 is 1.08 bits per heavy atom. The molecule has 2 atom stereocenters. The number of aromatic nitrogens is 4. The molecule has 0 saturated carbocycles. The number of nitrogen functional groups attached to an aromatic ring is 1. The quantitative estimate of drug-likeness (QED) is 0.479. The summed E-state index contributed by atoms with van der Waals surface area (Å²) in [6, 6.07) is 8.17. The van der Waals surface area contributed by atoms with Gasteiger partial charge in [-0.25, -0.2) is 14.8 Å². The lowest BCUT2D eigenvalue weighted by atomic mass is 9.67. The molecule has 2 aromatic heterocycles. The van der Waals surface area contributed by atoms with Crippen LogP contribution in [0.3, 0.4) is 0 Å². The number of benzene rings is 1. The number of amides is 1. The molecule has 3 heterocycles. The summed E-state index contributed by atoms with van der Waals surface area (Å²) in [5, 5.41) is 14.6. The van der Waals surface area contributed by atoms with E-state index in [1.807, 2.05) is 32.9 Å². The highest BCUT2D eigenvalue weighted by molar-refractivity contribution is 5.67. The number of hydrogen-bond donors (Lipinski definition) is 2. The van der Waals surface area contributed by atoms with Crippen molar-refractivity contribution in [1.82, 2.24) is 25.0 Å². The average Bonchev–Trinajstić information content (AvgIpc) is 3.34. The van der Waals surface area contributed by atoms with Gasteiger partial charge in [-0.05, 0) is 48.6 Å². The van der Waals surface area contributed by atoms with Gasteiger partial charge in [0.25, 0.3) is 5.89 Å². The maximum absolute atomic E-state index is 12.3. The zero-order valence-corrected chi connectivity index (χ0v) is 21.9. The molecule has 3 N–H and O–H groups in total. The number of nitrogens with two attached hydrogens (primary N) is 1. The van der Waals surface area contributed by atoms with E-state index in [1.165, 1.54) is 4.90 Å². The first-order valence-corrected chi connectivity index (χ1v) is 12.4. The van der Waals surface area contributed by atoms with Crippen molar-refractivity contribution in [2.24, 2.45) is 11.3 Å². The van der Waals surface area contributed by atoms with Crippen LogP contribution in [0, 0.1) is 11.3 Å². The number of anilines is 1. The Balaban J connectivity index is 1.77. The van der Waals surface area contributed by atoms with E-state index in [9.17, 15) is 9.90 Å². The molecule has 4 rings (SSSR count). The molecule has 1 amide bonds.